The molecule has 35 nitrogen and oxygen atoms in total. The van der Waals surface area contributed by atoms with Gasteiger partial charge >= 0.3 is 60.0 Å². The summed E-state index contributed by atoms with van der Waals surface area (Å²) < 4.78 is 0. The summed E-state index contributed by atoms with van der Waals surface area (Å²) >= 11 is 59.9. The van der Waals surface area contributed by atoms with Crippen LogP contribution in [0.4, 0.5) is 24.0 Å². The van der Waals surface area contributed by atoms with E-state index >= 15 is 0 Å². The molecule has 8 bridgehead atoms. The number of aliphatic carboxylic acids is 5. The van der Waals surface area contributed by atoms with Crippen molar-refractivity contribution >= 4 is 206 Å². The second-order valence-corrected chi connectivity index (χ2v) is 42.5. The number of nitrogens with one attached hydrogen (secondary N) is 15. The number of carboxylic acids is 5. The molecule has 17 rings (SSSR count). The summed E-state index contributed by atoms with van der Waals surface area (Å²) in [7, 11) is 0. The van der Waals surface area contributed by atoms with Crippen LogP contribution < -0.4 is 79.8 Å². The standard InChI is InChI=1S/C21H25Cl2N3O4.C21H27Cl2N3O4.C21H21Cl2N3O4.C20H19Cl2N3O4.C18H21Cl2N3O4/c22-14-2-1-3-15(23)17(14)19(27)25-16(20(28)29)9-24-21(30)26-18-12-5-10-4-11(7-12)8-13(18)6-10;1-20(2)11-7-8-21(20,3)15(9-11)26-19(30)24-10-14(18(28)29)25-17(27)16-12(22)5-4-6-13(16)23;22-15-6-3-7-16(23)18(15)19(27)26-17(20(28)29)11-24-21(30)25-14-9-8-12-4-1-2-5-13(12)10-14;21-13-6-3-7-14(22)17(13)18(26)24-16(19(27)28)10-23-20(29)25-15-9-8-11-4-1-2-5-12(11)15;19-11-2-1-3-12(20)15(11)16(24)22-14(17(25)26)8-21-18(27)23-13-7-9-4-5-10(13)6-9/h1-3,10-13,16,18H,4-9H2,(H,25,27)(H,28,29)(H2,24,26,30);4-6,11,14-15H,7-10H2,1-3H3,(H,25,27)(H,28,29)(H2,24,26,30);1-7,14,17H,8-11H2,(H,26,27)(H,28,29)(H2,24,25,30);1-7,15-16H,8-10H2,(H,24,26)(H,27,28)(H2,23,25,29);1-3,9-10,13-14H,4-8H2,(H,22,24)(H,25,26)(H2,21,23,27)/t10?,11?,12?,13?,16-,18?;11?,14-,15?,21?;14?,17-;15-,16+;9?,10?,13?,14-/m00010/s1. The van der Waals surface area contributed by atoms with Crippen LogP contribution in [0.5, 0.6) is 0 Å². The molecule has 15 amide bonds. The van der Waals surface area contributed by atoms with Crippen molar-refractivity contribution in [2.45, 2.75) is 190 Å². The molecule has 7 unspecified atom stereocenters. The number of carbonyl (C=O) groups excluding carboxylic acids is 10. The minimum atomic E-state index is -1.35. The van der Waals surface area contributed by atoms with Crippen molar-refractivity contribution in [1.29, 1.82) is 0 Å². The number of carbonyl (C=O) groups is 15. The minimum absolute atomic E-state index is 0.00137. The highest BCUT2D eigenvalue weighted by Crippen LogP contribution is 2.65. The first-order chi connectivity index (χ1) is 69.3. The first kappa shape index (κ1) is 113. The van der Waals surface area contributed by atoms with Crippen molar-refractivity contribution in [2.75, 3.05) is 32.7 Å². The van der Waals surface area contributed by atoms with E-state index in [0.717, 1.165) is 75.2 Å². The lowest BCUT2D eigenvalue weighted by atomic mass is 9.54. The number of amides is 15. The fourth-order valence-corrected chi connectivity index (χ4v) is 24.2. The molecule has 45 heteroatoms. The molecule has 0 aromatic heterocycles. The van der Waals surface area contributed by atoms with Gasteiger partial charge < -0.3 is 105 Å². The van der Waals surface area contributed by atoms with Crippen molar-refractivity contribution in [3.05, 3.63) is 240 Å². The maximum atomic E-state index is 12.5. The second kappa shape index (κ2) is 51.4. The number of aryl methyl sites for hydroxylation is 2. The van der Waals surface area contributed by atoms with Crippen LogP contribution in [0, 0.1) is 52.3 Å². The molecular weight excluding hydrogens is 2100 g/mol. The number of rotatable bonds is 30. The van der Waals surface area contributed by atoms with Gasteiger partial charge in [0.1, 0.15) is 30.2 Å². The van der Waals surface area contributed by atoms with Crippen molar-refractivity contribution in [2.24, 2.45) is 52.3 Å². The highest BCUT2D eigenvalue weighted by Gasteiger charge is 2.62. The Hall–Kier alpha value is -11.5. The molecule has 10 aliphatic rings. The van der Waals surface area contributed by atoms with E-state index in [9.17, 15) is 97.5 Å². The fraction of sp³-hybridized carbons (Fsp3) is 0.436. The van der Waals surface area contributed by atoms with Crippen molar-refractivity contribution in [3.8, 4) is 0 Å². The van der Waals surface area contributed by atoms with Crippen LogP contribution in [0.15, 0.2) is 140 Å². The zero-order valence-electron chi connectivity index (χ0n) is 79.3. The molecule has 146 heavy (non-hydrogen) atoms. The van der Waals surface area contributed by atoms with Crippen LogP contribution in [0.25, 0.3) is 0 Å². The topological polar surface area (TPSA) is 538 Å². The summed E-state index contributed by atoms with van der Waals surface area (Å²) in [6, 6.07) is 29.9. The van der Waals surface area contributed by atoms with Crippen LogP contribution >= 0.6 is 116 Å². The van der Waals surface area contributed by atoms with Crippen LogP contribution in [0.1, 0.15) is 191 Å². The Labute approximate surface area is 891 Å². The first-order valence-electron chi connectivity index (χ1n) is 47.6. The average molecular weight is 2210 g/mol. The van der Waals surface area contributed by atoms with Gasteiger partial charge in [0.25, 0.3) is 29.5 Å². The molecule has 0 aliphatic heterocycles. The molecular formula is C101H113Cl10N15O20. The Morgan fingerprint density at radius 3 is 0.973 bits per heavy atom. The average Bonchev–Trinajstić information content (AvgIpc) is 1.55. The molecule has 782 valence electrons. The third-order valence-corrected chi connectivity index (χ3v) is 32.2. The molecule has 13 atom stereocenters. The Kier molecular flexibility index (Phi) is 39.9. The van der Waals surface area contributed by atoms with Gasteiger partial charge in [-0.2, -0.15) is 0 Å². The smallest absolute Gasteiger partial charge is 0.328 e. The predicted molar refractivity (Wildman–Crippen MR) is 552 cm³/mol. The van der Waals surface area contributed by atoms with E-state index in [1.54, 1.807) is 30.3 Å². The fourth-order valence-electron chi connectivity index (χ4n) is 21.3. The van der Waals surface area contributed by atoms with Gasteiger partial charge in [0, 0.05) is 24.2 Å². The Bertz CT molecular complexity index is 5940. The van der Waals surface area contributed by atoms with Gasteiger partial charge in [0.2, 0.25) is 0 Å². The summed E-state index contributed by atoms with van der Waals surface area (Å²) in [5.74, 6) is -5.60. The summed E-state index contributed by atoms with van der Waals surface area (Å²) in [6.07, 6.45) is 17.7. The van der Waals surface area contributed by atoms with Crippen molar-refractivity contribution in [3.63, 3.8) is 0 Å². The van der Waals surface area contributed by atoms with Gasteiger partial charge in [-0.05, 0) is 238 Å². The van der Waals surface area contributed by atoms with Crippen LogP contribution in [0.2, 0.25) is 50.2 Å². The molecule has 20 N–H and O–H groups in total. The van der Waals surface area contributed by atoms with Gasteiger partial charge in [-0.15, -0.1) is 0 Å². The zero-order valence-corrected chi connectivity index (χ0v) is 86.8. The van der Waals surface area contributed by atoms with E-state index in [-0.39, 0.29) is 152 Å². The molecule has 10 aliphatic carbocycles. The van der Waals surface area contributed by atoms with Crippen LogP contribution in [0.3, 0.4) is 0 Å². The van der Waals surface area contributed by atoms with E-state index in [4.69, 9.17) is 116 Å². The predicted octanol–water partition coefficient (Wildman–Crippen LogP) is 15.9. The Morgan fingerprint density at radius 1 is 0.315 bits per heavy atom. The number of hydrogen-bond donors (Lipinski definition) is 20. The quantitative estimate of drug-likeness (QED) is 0.0199. The summed E-state index contributed by atoms with van der Waals surface area (Å²) in [6.45, 7) is 5.34. The molecule has 0 saturated heterocycles. The van der Waals surface area contributed by atoms with Gasteiger partial charge in [-0.25, -0.2) is 47.9 Å². The normalized spacial score (nSPS) is 22.7. The monoisotopic (exact) mass is 2210 g/mol. The largest absolute Gasteiger partial charge is 0.480 e. The summed E-state index contributed by atoms with van der Waals surface area (Å²) in [5.41, 5.74) is 4.84. The third-order valence-electron chi connectivity index (χ3n) is 29.1. The number of halogens is 10. The summed E-state index contributed by atoms with van der Waals surface area (Å²) in [4.78, 5) is 181. The Balaban J connectivity index is 0.000000162. The van der Waals surface area contributed by atoms with Crippen LogP contribution in [-0.2, 0) is 43.2 Å². The van der Waals surface area contributed by atoms with Gasteiger partial charge in [0.15, 0.2) is 0 Å². The lowest BCUT2D eigenvalue weighted by molar-refractivity contribution is -0.140. The van der Waals surface area contributed by atoms with Gasteiger partial charge in [-0.1, -0.05) is 222 Å². The van der Waals surface area contributed by atoms with Gasteiger partial charge in [-0.3, -0.25) is 24.0 Å². The highest BCUT2D eigenvalue weighted by molar-refractivity contribution is 6.43. The van der Waals surface area contributed by atoms with Crippen LogP contribution in [-0.4, -0.2) is 202 Å². The number of carboxylic acid groups (broad SMARTS) is 5. The molecule has 8 fully saturated rings. The highest BCUT2D eigenvalue weighted by atomic mass is 35.5. The lowest BCUT2D eigenvalue weighted by Crippen LogP contribution is -2.58. The molecule has 0 heterocycles. The van der Waals surface area contributed by atoms with Crippen molar-refractivity contribution in [1.82, 2.24) is 79.8 Å². The van der Waals surface area contributed by atoms with E-state index in [2.05, 4.69) is 107 Å². The number of hydrogen-bond acceptors (Lipinski definition) is 15. The van der Waals surface area contributed by atoms with E-state index in [1.807, 2.05) is 42.5 Å². The molecule has 0 radical (unpaired) electrons. The molecule has 8 saturated carbocycles. The maximum Gasteiger partial charge on any atom is 0.328 e. The Morgan fingerprint density at radius 2 is 0.637 bits per heavy atom. The maximum absolute atomic E-state index is 12.5. The summed E-state index contributed by atoms with van der Waals surface area (Å²) in [5, 5.41) is 87.2. The minimum Gasteiger partial charge on any atom is -0.480 e. The van der Waals surface area contributed by atoms with Crippen molar-refractivity contribution < 1.29 is 97.5 Å². The molecule has 7 aromatic carbocycles. The third kappa shape index (κ3) is 29.3. The zero-order chi connectivity index (χ0) is 106. The van der Waals surface area contributed by atoms with Gasteiger partial charge in [0.05, 0.1) is 117 Å². The number of fused-ring (bicyclic) bond motifs is 6. The van der Waals surface area contributed by atoms with E-state index < -0.39 is 120 Å². The SMILES string of the molecule is CC1(C)C2CCC1(C)C(NC(=O)NC[C@H](NC(=O)c1c(Cl)cccc1Cl)C(=O)O)C2.O=C(NC[C@H](NC(=O)c1c(Cl)cccc1Cl)C(=O)O)NC1C2CC3CC(C2)CC1C3.O=C(NC[C@H](NC(=O)c1c(Cl)cccc1Cl)C(=O)O)NC1CC2CCC1C2.O=C(NC[C@H](NC(=O)c1c(Cl)cccc1Cl)C(=O)O)NC1CCc2ccccc2C1.O=C(NC[C@H](NC(=O)c1c(Cl)cccc1Cl)C(=O)O)N[C@@H]1CCc2ccccc21. The lowest BCUT2D eigenvalue weighted by Gasteiger charge is -2.54. The first-order valence-corrected chi connectivity index (χ1v) is 51.4. The number of benzene rings is 7. The van der Waals surface area contributed by atoms with E-state index in [1.165, 1.54) is 122 Å². The second-order valence-electron chi connectivity index (χ2n) is 38.5. The number of urea groups is 5. The molecule has 0 spiro atoms. The van der Waals surface area contributed by atoms with E-state index in [0.29, 0.717) is 36.0 Å². The molecule has 7 aromatic rings.